The number of rotatable bonds is 3. The first-order chi connectivity index (χ1) is 12.7. The van der Waals surface area contributed by atoms with Crippen LogP contribution in [0.2, 0.25) is 0 Å². The number of benzene rings is 1. The van der Waals surface area contributed by atoms with Gasteiger partial charge in [-0.1, -0.05) is 23.5 Å². The molecule has 2 atom stereocenters. The molecule has 0 radical (unpaired) electrons. The molecule has 1 fully saturated rings. The average molecular weight is 367 g/mol. The summed E-state index contributed by atoms with van der Waals surface area (Å²) in [4.78, 5) is 19.5. The number of nitrogens with zero attached hydrogens (tertiary/aromatic N) is 3. The number of fused-ring (bicyclic) bond motifs is 5. The third-order valence-electron chi connectivity index (χ3n) is 5.42. The highest BCUT2D eigenvalue weighted by molar-refractivity contribution is 7.22. The van der Waals surface area contributed by atoms with E-state index in [9.17, 15) is 4.79 Å². The van der Waals surface area contributed by atoms with Crippen LogP contribution in [0.3, 0.4) is 0 Å². The summed E-state index contributed by atoms with van der Waals surface area (Å²) >= 11 is 1.73. The van der Waals surface area contributed by atoms with E-state index in [0.29, 0.717) is 18.4 Å². The standard InChI is InChI=1S/C20H21N3O2S/c1-2-25-16-6-4-7-17-19(16)21-20(26-17)22-10-13-9-14(12-22)15-5-3-8-18(24)23(15)11-13/h3-8,13-14H,2,9-12H2,1H3. The first-order valence-corrected chi connectivity index (χ1v) is 10.0. The van der Waals surface area contributed by atoms with Gasteiger partial charge in [-0.05, 0) is 37.5 Å². The van der Waals surface area contributed by atoms with Gasteiger partial charge in [0.05, 0.1) is 11.3 Å². The number of hydrogen-bond acceptors (Lipinski definition) is 5. The number of piperidine rings is 1. The number of aromatic nitrogens is 2. The summed E-state index contributed by atoms with van der Waals surface area (Å²) in [6, 6.07) is 11.8. The Morgan fingerprint density at radius 1 is 1.19 bits per heavy atom. The predicted octanol–water partition coefficient (Wildman–Crippen LogP) is 3.48. The molecule has 0 amide bonds. The maximum Gasteiger partial charge on any atom is 0.250 e. The van der Waals surface area contributed by atoms with Crippen LogP contribution in [0.5, 0.6) is 5.75 Å². The van der Waals surface area contributed by atoms with E-state index in [-0.39, 0.29) is 5.56 Å². The van der Waals surface area contributed by atoms with Gasteiger partial charge in [0, 0.05) is 37.3 Å². The molecule has 5 nitrogen and oxygen atoms in total. The molecule has 4 heterocycles. The average Bonchev–Trinajstić information content (AvgIpc) is 3.08. The minimum Gasteiger partial charge on any atom is -0.492 e. The van der Waals surface area contributed by atoms with Crippen LogP contribution in [0.4, 0.5) is 5.13 Å². The molecule has 2 aliphatic heterocycles. The Hall–Kier alpha value is -2.34. The molecule has 3 aromatic rings. The van der Waals surface area contributed by atoms with Gasteiger partial charge in [-0.25, -0.2) is 4.98 Å². The molecule has 6 heteroatoms. The minimum atomic E-state index is 0.131. The van der Waals surface area contributed by atoms with Gasteiger partial charge in [-0.15, -0.1) is 0 Å². The highest BCUT2D eigenvalue weighted by Gasteiger charge is 2.35. The minimum absolute atomic E-state index is 0.131. The third-order valence-corrected chi connectivity index (χ3v) is 6.50. The summed E-state index contributed by atoms with van der Waals surface area (Å²) in [6.45, 7) is 5.34. The van der Waals surface area contributed by atoms with E-state index in [0.717, 1.165) is 42.5 Å². The van der Waals surface area contributed by atoms with E-state index in [4.69, 9.17) is 9.72 Å². The van der Waals surface area contributed by atoms with Crippen LogP contribution >= 0.6 is 11.3 Å². The number of thiazole rings is 1. The fraction of sp³-hybridized carbons (Fsp3) is 0.400. The molecule has 5 rings (SSSR count). The Balaban J connectivity index is 1.50. The Bertz CT molecular complexity index is 1030. The summed E-state index contributed by atoms with van der Waals surface area (Å²) in [5, 5.41) is 1.06. The molecule has 0 aliphatic carbocycles. The molecule has 2 unspecified atom stereocenters. The van der Waals surface area contributed by atoms with Crippen molar-refractivity contribution >= 4 is 26.7 Å². The van der Waals surface area contributed by atoms with Crippen LogP contribution in [-0.4, -0.2) is 29.2 Å². The van der Waals surface area contributed by atoms with Gasteiger partial charge < -0.3 is 14.2 Å². The van der Waals surface area contributed by atoms with Crippen molar-refractivity contribution in [2.24, 2.45) is 5.92 Å². The zero-order valence-corrected chi connectivity index (χ0v) is 15.5. The summed E-state index contributed by atoms with van der Waals surface area (Å²) in [6.07, 6.45) is 1.16. The molecule has 2 bridgehead atoms. The second-order valence-electron chi connectivity index (χ2n) is 7.14. The first kappa shape index (κ1) is 15.9. The quantitative estimate of drug-likeness (QED) is 0.711. The molecule has 2 aromatic heterocycles. The molecular weight excluding hydrogens is 346 g/mol. The summed E-state index contributed by atoms with van der Waals surface area (Å²) in [5.74, 6) is 1.76. The van der Waals surface area contributed by atoms with Gasteiger partial charge >= 0.3 is 0 Å². The van der Waals surface area contributed by atoms with Crippen LogP contribution in [0.15, 0.2) is 41.2 Å². The van der Waals surface area contributed by atoms with Crippen LogP contribution in [-0.2, 0) is 6.54 Å². The fourth-order valence-corrected chi connectivity index (χ4v) is 5.37. The van der Waals surface area contributed by atoms with E-state index in [1.807, 2.05) is 29.7 Å². The van der Waals surface area contributed by atoms with Crippen molar-refractivity contribution < 1.29 is 4.74 Å². The lowest BCUT2D eigenvalue weighted by molar-refractivity contribution is 0.281. The second kappa shape index (κ2) is 6.13. The van der Waals surface area contributed by atoms with Crippen LogP contribution < -0.4 is 15.2 Å². The van der Waals surface area contributed by atoms with E-state index in [1.165, 1.54) is 10.4 Å². The Morgan fingerprint density at radius 3 is 2.96 bits per heavy atom. The van der Waals surface area contributed by atoms with Crippen molar-refractivity contribution in [1.82, 2.24) is 9.55 Å². The molecule has 2 aliphatic rings. The SMILES string of the molecule is CCOc1cccc2sc(N3CC4CC(C3)c3cccc(=O)n3C4)nc12. The lowest BCUT2D eigenvalue weighted by Crippen LogP contribution is -2.47. The molecule has 26 heavy (non-hydrogen) atoms. The van der Waals surface area contributed by atoms with Gasteiger partial charge in [0.1, 0.15) is 11.3 Å². The lowest BCUT2D eigenvalue weighted by Gasteiger charge is -2.42. The fourth-order valence-electron chi connectivity index (χ4n) is 4.37. The van der Waals surface area contributed by atoms with Gasteiger partial charge in [0.25, 0.3) is 5.56 Å². The summed E-state index contributed by atoms with van der Waals surface area (Å²) in [5.41, 5.74) is 2.27. The van der Waals surface area contributed by atoms with Crippen molar-refractivity contribution in [2.45, 2.75) is 25.8 Å². The molecule has 1 saturated heterocycles. The van der Waals surface area contributed by atoms with E-state index < -0.39 is 0 Å². The maximum absolute atomic E-state index is 12.2. The Labute approximate surface area is 155 Å². The Kier molecular flexibility index (Phi) is 3.74. The third kappa shape index (κ3) is 2.51. The highest BCUT2D eigenvalue weighted by Crippen LogP contribution is 2.40. The monoisotopic (exact) mass is 367 g/mol. The van der Waals surface area contributed by atoms with Crippen LogP contribution in [0.25, 0.3) is 10.2 Å². The van der Waals surface area contributed by atoms with E-state index in [1.54, 1.807) is 17.4 Å². The molecule has 134 valence electrons. The smallest absolute Gasteiger partial charge is 0.250 e. The summed E-state index contributed by atoms with van der Waals surface area (Å²) in [7, 11) is 0. The van der Waals surface area contributed by atoms with Gasteiger partial charge in [-0.2, -0.15) is 0 Å². The Morgan fingerprint density at radius 2 is 2.08 bits per heavy atom. The number of para-hydroxylation sites is 1. The molecule has 1 aromatic carbocycles. The second-order valence-corrected chi connectivity index (χ2v) is 8.14. The van der Waals surface area contributed by atoms with Crippen molar-refractivity contribution in [3.05, 3.63) is 52.4 Å². The van der Waals surface area contributed by atoms with Crippen molar-refractivity contribution in [3.63, 3.8) is 0 Å². The zero-order valence-electron chi connectivity index (χ0n) is 14.7. The summed E-state index contributed by atoms with van der Waals surface area (Å²) < 4.78 is 8.88. The largest absolute Gasteiger partial charge is 0.492 e. The number of ether oxygens (including phenoxy) is 1. The maximum atomic E-state index is 12.2. The van der Waals surface area contributed by atoms with Crippen molar-refractivity contribution in [2.75, 3.05) is 24.6 Å². The number of hydrogen-bond donors (Lipinski definition) is 0. The highest BCUT2D eigenvalue weighted by atomic mass is 32.1. The normalized spacial score (nSPS) is 21.7. The topological polar surface area (TPSA) is 47.4 Å². The first-order valence-electron chi connectivity index (χ1n) is 9.20. The van der Waals surface area contributed by atoms with Gasteiger partial charge in [0.2, 0.25) is 0 Å². The molecule has 0 saturated carbocycles. The number of pyridine rings is 1. The van der Waals surface area contributed by atoms with Gasteiger partial charge in [-0.3, -0.25) is 4.79 Å². The van der Waals surface area contributed by atoms with E-state index >= 15 is 0 Å². The number of anilines is 1. The van der Waals surface area contributed by atoms with E-state index in [2.05, 4.69) is 17.0 Å². The van der Waals surface area contributed by atoms with Crippen LogP contribution in [0.1, 0.15) is 25.0 Å². The van der Waals surface area contributed by atoms with Crippen molar-refractivity contribution in [3.8, 4) is 5.75 Å². The van der Waals surface area contributed by atoms with Crippen LogP contribution in [0, 0.1) is 5.92 Å². The van der Waals surface area contributed by atoms with Crippen molar-refractivity contribution in [1.29, 1.82) is 0 Å². The predicted molar refractivity (Wildman–Crippen MR) is 105 cm³/mol. The lowest BCUT2D eigenvalue weighted by atomic mass is 9.83. The molecular formula is C20H21N3O2S. The molecule has 0 spiro atoms. The van der Waals surface area contributed by atoms with Gasteiger partial charge in [0.15, 0.2) is 5.13 Å². The molecule has 0 N–H and O–H groups in total. The zero-order chi connectivity index (χ0) is 17.7.